The van der Waals surface area contributed by atoms with Crippen molar-refractivity contribution in [1.82, 2.24) is 5.32 Å². The van der Waals surface area contributed by atoms with Crippen molar-refractivity contribution in [3.8, 4) is 0 Å². The van der Waals surface area contributed by atoms with Gasteiger partial charge in [0.25, 0.3) is 5.91 Å². The second-order valence-electron chi connectivity index (χ2n) is 6.05. The molecule has 23 heavy (non-hydrogen) atoms. The third-order valence-electron chi connectivity index (χ3n) is 3.77. The highest BCUT2D eigenvalue weighted by molar-refractivity contribution is 7.84. The van der Waals surface area contributed by atoms with Crippen molar-refractivity contribution in [3.63, 3.8) is 0 Å². The van der Waals surface area contributed by atoms with Gasteiger partial charge in [0.05, 0.1) is 0 Å². The Morgan fingerprint density at radius 2 is 1.65 bits per heavy atom. The molecule has 0 heterocycles. The van der Waals surface area contributed by atoms with Gasteiger partial charge >= 0.3 is 0 Å². The van der Waals surface area contributed by atoms with E-state index < -0.39 is 10.8 Å². The minimum Gasteiger partial charge on any atom is -0.351 e. The van der Waals surface area contributed by atoms with Crippen LogP contribution in [0.5, 0.6) is 0 Å². The summed E-state index contributed by atoms with van der Waals surface area (Å²) in [7, 11) is -1.04. The minimum atomic E-state index is -1.04. The number of amides is 1. The number of carbonyl (C=O) groups is 1. The second kappa shape index (κ2) is 7.28. The Bertz CT molecular complexity index is 709. The topological polar surface area (TPSA) is 46.2 Å². The van der Waals surface area contributed by atoms with Crippen molar-refractivity contribution in [2.24, 2.45) is 0 Å². The summed E-state index contributed by atoms with van der Waals surface area (Å²) in [4.78, 5) is 13.0. The highest BCUT2D eigenvalue weighted by Gasteiger charge is 2.21. The molecule has 122 valence electrons. The van der Waals surface area contributed by atoms with Crippen LogP contribution in [0.25, 0.3) is 0 Å². The molecule has 0 saturated heterocycles. The lowest BCUT2D eigenvalue weighted by Crippen LogP contribution is -2.36. The predicted octanol–water partition coefficient (Wildman–Crippen LogP) is 3.79. The van der Waals surface area contributed by atoms with Gasteiger partial charge in [0, 0.05) is 44.5 Å². The number of hydrogen-bond donors (Lipinski definition) is 1. The van der Waals surface area contributed by atoms with E-state index in [9.17, 15) is 9.00 Å². The molecule has 0 aliphatic carbocycles. The summed E-state index contributed by atoms with van der Waals surface area (Å²) in [6.07, 6.45) is 1.61. The van der Waals surface area contributed by atoms with E-state index >= 15 is 0 Å². The molecular weight excluding hydrogens is 330 g/mol. The molecule has 0 aliphatic rings. The Labute approximate surface area is 144 Å². The van der Waals surface area contributed by atoms with Crippen molar-refractivity contribution in [2.75, 3.05) is 12.8 Å². The van der Waals surface area contributed by atoms with Crippen LogP contribution in [0.15, 0.2) is 53.4 Å². The number of nitrogens with one attached hydrogen (secondary N) is 1. The van der Waals surface area contributed by atoms with Crippen molar-refractivity contribution in [1.29, 1.82) is 0 Å². The number of carbonyl (C=O) groups excluding carboxylic acids is 1. The Morgan fingerprint density at radius 3 is 2.17 bits per heavy atom. The first-order chi connectivity index (χ1) is 10.8. The van der Waals surface area contributed by atoms with E-state index in [0.717, 1.165) is 5.56 Å². The first-order valence-corrected chi connectivity index (χ1v) is 9.21. The maximum atomic E-state index is 12.2. The Balaban J connectivity index is 2.02. The van der Waals surface area contributed by atoms with Gasteiger partial charge in [-0.3, -0.25) is 9.00 Å². The lowest BCUT2D eigenvalue weighted by Gasteiger charge is -2.25. The largest absolute Gasteiger partial charge is 0.351 e. The molecule has 2 rings (SSSR count). The Kier molecular flexibility index (Phi) is 5.60. The molecule has 0 aliphatic heterocycles. The van der Waals surface area contributed by atoms with E-state index in [2.05, 4.69) is 19.2 Å². The predicted molar refractivity (Wildman–Crippen MR) is 95.6 cm³/mol. The van der Waals surface area contributed by atoms with Crippen LogP contribution in [0.3, 0.4) is 0 Å². The quantitative estimate of drug-likeness (QED) is 0.892. The first kappa shape index (κ1) is 17.7. The molecular formula is C18H20ClNO2S. The summed E-state index contributed by atoms with van der Waals surface area (Å²) in [5, 5.41) is 3.65. The molecule has 1 atom stereocenters. The van der Waals surface area contributed by atoms with Crippen molar-refractivity contribution < 1.29 is 9.00 Å². The lowest BCUT2D eigenvalue weighted by atomic mass is 9.84. The average molecular weight is 350 g/mol. The number of hydrogen-bond acceptors (Lipinski definition) is 2. The summed E-state index contributed by atoms with van der Waals surface area (Å²) in [5.41, 5.74) is 1.47. The van der Waals surface area contributed by atoms with Crippen LogP contribution in [0.2, 0.25) is 5.02 Å². The molecule has 2 aromatic carbocycles. The maximum absolute atomic E-state index is 12.2. The third kappa shape index (κ3) is 4.66. The standard InChI is InChI=1S/C18H20ClNO2S/c1-18(2,14-6-8-15(19)9-7-14)12-20-17(21)13-4-10-16(11-5-13)23(3)22/h4-11H,12H2,1-3H3,(H,20,21). The van der Waals surface area contributed by atoms with Crippen molar-refractivity contribution in [2.45, 2.75) is 24.2 Å². The molecule has 0 fully saturated rings. The molecule has 0 bridgehead atoms. The zero-order valence-corrected chi connectivity index (χ0v) is 15.0. The van der Waals surface area contributed by atoms with Crippen LogP contribution in [0.4, 0.5) is 0 Å². The fraction of sp³-hybridized carbons (Fsp3) is 0.278. The van der Waals surface area contributed by atoms with Gasteiger partial charge in [-0.05, 0) is 42.0 Å². The molecule has 0 aromatic heterocycles. The third-order valence-corrected chi connectivity index (χ3v) is 4.95. The smallest absolute Gasteiger partial charge is 0.251 e. The van der Waals surface area contributed by atoms with Gasteiger partial charge in [-0.25, -0.2) is 0 Å². The van der Waals surface area contributed by atoms with Crippen LogP contribution in [0, 0.1) is 0 Å². The molecule has 0 saturated carbocycles. The molecule has 2 aromatic rings. The molecule has 5 heteroatoms. The Hall–Kier alpha value is -1.65. The summed E-state index contributed by atoms with van der Waals surface area (Å²) in [5.74, 6) is -0.138. The van der Waals surface area contributed by atoms with Crippen LogP contribution in [-0.4, -0.2) is 22.9 Å². The van der Waals surface area contributed by atoms with Crippen LogP contribution < -0.4 is 5.32 Å². The highest BCUT2D eigenvalue weighted by atomic mass is 35.5. The van der Waals surface area contributed by atoms with E-state index in [-0.39, 0.29) is 11.3 Å². The number of benzene rings is 2. The van der Waals surface area contributed by atoms with Crippen molar-refractivity contribution in [3.05, 3.63) is 64.7 Å². The van der Waals surface area contributed by atoms with Gasteiger partial charge in [-0.2, -0.15) is 0 Å². The normalized spacial score (nSPS) is 12.7. The summed E-state index contributed by atoms with van der Waals surface area (Å²) < 4.78 is 11.4. The SMILES string of the molecule is CS(=O)c1ccc(C(=O)NCC(C)(C)c2ccc(Cl)cc2)cc1. The van der Waals surface area contributed by atoms with Crippen molar-refractivity contribution >= 4 is 28.3 Å². The van der Waals surface area contributed by atoms with Gasteiger partial charge in [-0.1, -0.05) is 37.6 Å². The van der Waals surface area contributed by atoms with Crippen LogP contribution >= 0.6 is 11.6 Å². The van der Waals surface area contributed by atoms with E-state index in [0.29, 0.717) is 22.0 Å². The average Bonchev–Trinajstić information content (AvgIpc) is 2.53. The van der Waals surface area contributed by atoms with Gasteiger partial charge < -0.3 is 5.32 Å². The first-order valence-electron chi connectivity index (χ1n) is 7.27. The molecule has 0 spiro atoms. The zero-order valence-electron chi connectivity index (χ0n) is 13.4. The van der Waals surface area contributed by atoms with E-state index in [4.69, 9.17) is 11.6 Å². The van der Waals surface area contributed by atoms with Gasteiger partial charge in [-0.15, -0.1) is 0 Å². The van der Waals surface area contributed by atoms with Gasteiger partial charge in [0.15, 0.2) is 0 Å². The molecule has 1 unspecified atom stereocenters. The monoisotopic (exact) mass is 349 g/mol. The van der Waals surface area contributed by atoms with Gasteiger partial charge in [0.1, 0.15) is 0 Å². The fourth-order valence-corrected chi connectivity index (χ4v) is 2.85. The van der Waals surface area contributed by atoms with Gasteiger partial charge in [0.2, 0.25) is 0 Å². The summed E-state index contributed by atoms with van der Waals surface area (Å²) >= 11 is 5.91. The summed E-state index contributed by atoms with van der Waals surface area (Å²) in [6, 6.07) is 14.5. The van der Waals surface area contributed by atoms with Crippen LogP contribution in [0.1, 0.15) is 29.8 Å². The van der Waals surface area contributed by atoms with Crippen LogP contribution in [-0.2, 0) is 16.2 Å². The van der Waals surface area contributed by atoms with E-state index in [1.807, 2.05) is 24.3 Å². The second-order valence-corrected chi connectivity index (χ2v) is 7.87. The molecule has 0 radical (unpaired) electrons. The molecule has 1 amide bonds. The minimum absolute atomic E-state index is 0.138. The molecule has 3 nitrogen and oxygen atoms in total. The fourth-order valence-electron chi connectivity index (χ4n) is 2.20. The number of rotatable bonds is 5. The molecule has 1 N–H and O–H groups in total. The summed E-state index contributed by atoms with van der Waals surface area (Å²) in [6.45, 7) is 4.65. The van der Waals surface area contributed by atoms with E-state index in [1.165, 1.54) is 0 Å². The number of halogens is 1. The Morgan fingerprint density at radius 1 is 1.09 bits per heavy atom. The maximum Gasteiger partial charge on any atom is 0.251 e. The zero-order chi connectivity index (χ0) is 17.0. The van der Waals surface area contributed by atoms with E-state index in [1.54, 1.807) is 30.5 Å². The lowest BCUT2D eigenvalue weighted by molar-refractivity contribution is 0.0945. The highest BCUT2D eigenvalue weighted by Crippen LogP contribution is 2.24.